The molecule has 0 aliphatic carbocycles. The van der Waals surface area contributed by atoms with Gasteiger partial charge < -0.3 is 8.94 Å². The monoisotopic (exact) mass is 403 g/mol. The Morgan fingerprint density at radius 1 is 1.15 bits per heavy atom. The Hall–Kier alpha value is -1.82. The first kappa shape index (κ1) is 17.3. The molecule has 0 saturated carbocycles. The topological polar surface area (TPSA) is 55.3 Å². The molecular formula is C20H19Cl2N3O2. The number of nitrogens with zero attached hydrogens (tertiary/aromatic N) is 3. The summed E-state index contributed by atoms with van der Waals surface area (Å²) >= 11 is 12.4. The number of furan rings is 1. The summed E-state index contributed by atoms with van der Waals surface area (Å²) in [6.07, 6.45) is 4.96. The zero-order valence-corrected chi connectivity index (χ0v) is 16.3. The van der Waals surface area contributed by atoms with Crippen LogP contribution < -0.4 is 0 Å². The molecule has 27 heavy (non-hydrogen) atoms. The Morgan fingerprint density at radius 3 is 2.81 bits per heavy atom. The predicted molar refractivity (Wildman–Crippen MR) is 103 cm³/mol. The Balaban J connectivity index is 1.56. The SMILES string of the molecule is CN1[C@H]2CC[C@@H]1[C@H](c1nc(-c3ccco3)no1)[C@@H](c1ccc(Cl)c(Cl)c1)C2. The Kier molecular flexibility index (Phi) is 4.26. The Bertz CT molecular complexity index is 956. The van der Waals surface area contributed by atoms with Gasteiger partial charge in [0.15, 0.2) is 5.76 Å². The standard InChI is InChI=1S/C20H19Cl2N3O2/c1-25-12-5-7-16(25)18(13(10-12)11-4-6-14(21)15(22)9-11)20-23-19(24-27-20)17-3-2-8-26-17/h2-4,6,8-9,12-13,16,18H,5,7,10H2,1H3/t12-,13+,16+,18+/m0/s1. The molecule has 4 atom stereocenters. The number of hydrogen-bond donors (Lipinski definition) is 0. The van der Waals surface area contributed by atoms with Crippen molar-refractivity contribution in [1.29, 1.82) is 0 Å². The molecule has 3 aromatic rings. The highest BCUT2D eigenvalue weighted by atomic mass is 35.5. The summed E-state index contributed by atoms with van der Waals surface area (Å²) in [5, 5.41) is 5.31. The van der Waals surface area contributed by atoms with Crippen molar-refractivity contribution in [2.24, 2.45) is 0 Å². The maximum absolute atomic E-state index is 6.31. The molecule has 2 aromatic heterocycles. The van der Waals surface area contributed by atoms with Gasteiger partial charge in [-0.3, -0.25) is 4.90 Å². The molecule has 1 aromatic carbocycles. The van der Waals surface area contributed by atoms with E-state index in [4.69, 9.17) is 32.1 Å². The summed E-state index contributed by atoms with van der Waals surface area (Å²) in [7, 11) is 2.20. The van der Waals surface area contributed by atoms with Gasteiger partial charge in [0, 0.05) is 12.1 Å². The first-order valence-electron chi connectivity index (χ1n) is 9.16. The van der Waals surface area contributed by atoms with Crippen LogP contribution in [0.3, 0.4) is 0 Å². The van der Waals surface area contributed by atoms with Crippen molar-refractivity contribution >= 4 is 23.2 Å². The van der Waals surface area contributed by atoms with Gasteiger partial charge >= 0.3 is 0 Å². The fourth-order valence-corrected chi connectivity index (χ4v) is 5.07. The number of likely N-dealkylation sites (N-methyl/N-ethyl adjacent to an activating group) is 1. The van der Waals surface area contributed by atoms with Gasteiger partial charge in [0.25, 0.3) is 0 Å². The van der Waals surface area contributed by atoms with Crippen molar-refractivity contribution in [2.45, 2.75) is 43.2 Å². The van der Waals surface area contributed by atoms with Gasteiger partial charge in [-0.2, -0.15) is 4.98 Å². The molecule has 0 unspecified atom stereocenters. The highest BCUT2D eigenvalue weighted by molar-refractivity contribution is 6.42. The molecule has 2 fully saturated rings. The first-order valence-corrected chi connectivity index (χ1v) is 9.92. The summed E-state index contributed by atoms with van der Waals surface area (Å²) in [5.41, 5.74) is 1.18. The lowest BCUT2D eigenvalue weighted by molar-refractivity contribution is 0.120. The van der Waals surface area contributed by atoms with Crippen molar-refractivity contribution in [2.75, 3.05) is 7.05 Å². The Labute approximate surface area is 167 Å². The van der Waals surface area contributed by atoms with Crippen molar-refractivity contribution in [3.63, 3.8) is 0 Å². The van der Waals surface area contributed by atoms with E-state index in [9.17, 15) is 0 Å². The highest BCUT2D eigenvalue weighted by Gasteiger charge is 2.49. The van der Waals surface area contributed by atoms with Gasteiger partial charge in [0.2, 0.25) is 11.7 Å². The summed E-state index contributed by atoms with van der Waals surface area (Å²) in [6.45, 7) is 0. The molecule has 5 nitrogen and oxygen atoms in total. The van der Waals surface area contributed by atoms with Crippen LogP contribution in [0.25, 0.3) is 11.6 Å². The smallest absolute Gasteiger partial charge is 0.238 e. The minimum Gasteiger partial charge on any atom is -0.461 e. The second kappa shape index (κ2) is 6.66. The molecule has 7 heteroatoms. The van der Waals surface area contributed by atoms with E-state index < -0.39 is 0 Å². The van der Waals surface area contributed by atoms with Crippen molar-refractivity contribution in [1.82, 2.24) is 15.0 Å². The molecule has 5 rings (SSSR count). The third kappa shape index (κ3) is 2.89. The van der Waals surface area contributed by atoms with Gasteiger partial charge in [0.05, 0.1) is 22.2 Å². The van der Waals surface area contributed by atoms with Crippen LogP contribution in [0, 0.1) is 0 Å². The zero-order chi connectivity index (χ0) is 18.5. The largest absolute Gasteiger partial charge is 0.461 e. The van der Waals surface area contributed by atoms with Crippen molar-refractivity contribution in [3.05, 3.63) is 58.1 Å². The quantitative estimate of drug-likeness (QED) is 0.588. The molecule has 0 radical (unpaired) electrons. The lowest BCUT2D eigenvalue weighted by Crippen LogP contribution is -2.44. The number of hydrogen-bond acceptors (Lipinski definition) is 5. The van der Waals surface area contributed by atoms with E-state index in [1.807, 2.05) is 24.3 Å². The number of rotatable bonds is 3. The lowest BCUT2D eigenvalue weighted by Gasteiger charge is -2.41. The van der Waals surface area contributed by atoms with Crippen LogP contribution in [-0.2, 0) is 0 Å². The number of benzene rings is 1. The van der Waals surface area contributed by atoms with Gasteiger partial charge in [-0.05, 0) is 62.1 Å². The molecule has 2 saturated heterocycles. The zero-order valence-electron chi connectivity index (χ0n) is 14.8. The fourth-order valence-electron chi connectivity index (χ4n) is 4.77. The summed E-state index contributed by atoms with van der Waals surface area (Å²) in [5.74, 6) is 2.14. The van der Waals surface area contributed by atoms with Gasteiger partial charge in [-0.1, -0.05) is 34.4 Å². The number of fused-ring (bicyclic) bond motifs is 2. The van der Waals surface area contributed by atoms with Crippen LogP contribution in [0.2, 0.25) is 10.0 Å². The minimum absolute atomic E-state index is 0.113. The number of piperidine rings is 1. The van der Waals surface area contributed by atoms with Crippen LogP contribution >= 0.6 is 23.2 Å². The summed E-state index contributed by atoms with van der Waals surface area (Å²) < 4.78 is 11.1. The number of halogens is 2. The van der Waals surface area contributed by atoms with E-state index in [0.29, 0.717) is 39.6 Å². The minimum atomic E-state index is 0.113. The van der Waals surface area contributed by atoms with E-state index in [1.54, 1.807) is 6.26 Å². The van der Waals surface area contributed by atoms with E-state index in [2.05, 4.69) is 28.2 Å². The van der Waals surface area contributed by atoms with Crippen LogP contribution in [0.1, 0.15) is 42.6 Å². The Morgan fingerprint density at radius 2 is 2.04 bits per heavy atom. The van der Waals surface area contributed by atoms with Gasteiger partial charge in [-0.15, -0.1) is 0 Å². The average molecular weight is 404 g/mol. The van der Waals surface area contributed by atoms with Crippen LogP contribution in [0.5, 0.6) is 0 Å². The normalized spacial score (nSPS) is 28.0. The van der Waals surface area contributed by atoms with E-state index >= 15 is 0 Å². The molecule has 2 bridgehead atoms. The van der Waals surface area contributed by atoms with Gasteiger partial charge in [0.1, 0.15) is 0 Å². The van der Waals surface area contributed by atoms with E-state index in [1.165, 1.54) is 12.0 Å². The predicted octanol–water partition coefficient (Wildman–Crippen LogP) is 5.37. The second-order valence-corrected chi connectivity index (χ2v) is 8.25. The van der Waals surface area contributed by atoms with Crippen LogP contribution in [0.15, 0.2) is 45.5 Å². The van der Waals surface area contributed by atoms with Crippen molar-refractivity contribution in [3.8, 4) is 11.6 Å². The fraction of sp³-hybridized carbons (Fsp3) is 0.400. The molecule has 4 heterocycles. The molecule has 140 valence electrons. The third-order valence-electron chi connectivity index (χ3n) is 6.11. The van der Waals surface area contributed by atoms with E-state index in [0.717, 1.165) is 12.8 Å². The first-order chi connectivity index (χ1) is 13.1. The molecule has 2 aliphatic heterocycles. The molecule has 0 amide bonds. The van der Waals surface area contributed by atoms with Gasteiger partial charge in [-0.25, -0.2) is 0 Å². The summed E-state index contributed by atoms with van der Waals surface area (Å²) in [4.78, 5) is 7.15. The lowest BCUT2D eigenvalue weighted by atomic mass is 9.76. The van der Waals surface area contributed by atoms with E-state index in [-0.39, 0.29) is 11.8 Å². The molecule has 2 aliphatic rings. The maximum Gasteiger partial charge on any atom is 0.238 e. The van der Waals surface area contributed by atoms with Crippen LogP contribution in [0.4, 0.5) is 0 Å². The van der Waals surface area contributed by atoms with Crippen molar-refractivity contribution < 1.29 is 8.94 Å². The molecule has 0 N–H and O–H groups in total. The average Bonchev–Trinajstić information content (AvgIpc) is 3.38. The maximum atomic E-state index is 6.31. The number of aromatic nitrogens is 2. The summed E-state index contributed by atoms with van der Waals surface area (Å²) in [6, 6.07) is 10.5. The van der Waals surface area contributed by atoms with Crippen LogP contribution in [-0.4, -0.2) is 34.2 Å². The highest BCUT2D eigenvalue weighted by Crippen LogP contribution is 2.51. The second-order valence-electron chi connectivity index (χ2n) is 7.44. The third-order valence-corrected chi connectivity index (χ3v) is 6.85. The molecular weight excluding hydrogens is 385 g/mol. The molecule has 0 spiro atoms.